The molecule has 0 saturated carbocycles. The number of nitrogens with zero attached hydrogens (tertiary/aromatic N) is 4. The van der Waals surface area contributed by atoms with E-state index in [1.165, 1.54) is 0 Å². The van der Waals surface area contributed by atoms with Crippen LogP contribution in [-0.2, 0) is 6.42 Å². The molecule has 1 saturated heterocycles. The van der Waals surface area contributed by atoms with Crippen LogP contribution in [0.3, 0.4) is 0 Å². The molecule has 25 heavy (non-hydrogen) atoms. The summed E-state index contributed by atoms with van der Waals surface area (Å²) in [7, 11) is 0. The highest BCUT2D eigenvalue weighted by atomic mass is 16.4. The molecule has 1 aliphatic rings. The fraction of sp³-hybridized carbons (Fsp3) is 0.647. The van der Waals surface area contributed by atoms with Crippen LogP contribution >= 0.6 is 0 Å². The third-order valence-electron chi connectivity index (χ3n) is 4.71. The molecule has 3 rings (SSSR count). The second-order valence-electron chi connectivity index (χ2n) is 7.21. The fourth-order valence-electron chi connectivity index (χ4n) is 3.31. The lowest BCUT2D eigenvalue weighted by atomic mass is 9.93. The number of likely N-dealkylation sites (tertiary alicyclic amines) is 1. The Balaban J connectivity index is 1.67. The number of carbonyl (C=O) groups is 1. The highest BCUT2D eigenvalue weighted by Crippen LogP contribution is 2.31. The lowest BCUT2D eigenvalue weighted by molar-refractivity contribution is 0.0995. The molecule has 0 aromatic carbocycles. The minimum absolute atomic E-state index is 0.0646. The van der Waals surface area contributed by atoms with E-state index in [4.69, 9.17) is 10.2 Å². The van der Waals surface area contributed by atoms with E-state index >= 15 is 0 Å². The summed E-state index contributed by atoms with van der Waals surface area (Å²) in [5.74, 6) is 1.63. The maximum absolute atomic E-state index is 11.2. The van der Waals surface area contributed by atoms with E-state index in [1.54, 1.807) is 6.07 Å². The van der Waals surface area contributed by atoms with Crippen LogP contribution in [0, 0.1) is 5.92 Å². The molecule has 0 aliphatic carbocycles. The summed E-state index contributed by atoms with van der Waals surface area (Å²) in [4.78, 5) is 13.6. The van der Waals surface area contributed by atoms with Gasteiger partial charge in [-0.15, -0.1) is 10.2 Å². The zero-order valence-electron chi connectivity index (χ0n) is 15.0. The Morgan fingerprint density at radius 3 is 2.92 bits per heavy atom. The number of hydrogen-bond acceptors (Lipinski definition) is 6. The van der Waals surface area contributed by atoms with Gasteiger partial charge in [-0.3, -0.25) is 14.8 Å². The van der Waals surface area contributed by atoms with Gasteiger partial charge in [-0.1, -0.05) is 13.8 Å². The second-order valence-corrected chi connectivity index (χ2v) is 7.21. The Hall–Kier alpha value is -2.22. The summed E-state index contributed by atoms with van der Waals surface area (Å²) in [5, 5.41) is 15.3. The molecule has 0 unspecified atom stereocenters. The molecule has 2 atom stereocenters. The van der Waals surface area contributed by atoms with Crippen molar-refractivity contribution < 1.29 is 9.21 Å². The number of hydrogen-bond donors (Lipinski definition) is 2. The molecule has 136 valence electrons. The molecule has 0 radical (unpaired) electrons. The molecule has 1 aliphatic heterocycles. The number of nitrogens with one attached hydrogen (secondary N) is 1. The first-order valence-corrected chi connectivity index (χ1v) is 8.85. The van der Waals surface area contributed by atoms with E-state index in [2.05, 4.69) is 46.1 Å². The summed E-state index contributed by atoms with van der Waals surface area (Å²) in [5.41, 5.74) is 6.53. The SMILES string of the molecule is CC(C)Cc1nnc([C@H](C)N2CCC[C@H](c3cc(C(N)=O)n[nH]3)C2)o1. The van der Waals surface area contributed by atoms with Crippen molar-refractivity contribution in [2.24, 2.45) is 11.7 Å². The molecular weight excluding hydrogens is 320 g/mol. The number of H-pyrrole nitrogens is 1. The van der Waals surface area contributed by atoms with Crippen LogP contribution in [0.15, 0.2) is 10.5 Å². The Bertz CT molecular complexity index is 722. The lowest BCUT2D eigenvalue weighted by Gasteiger charge is -2.34. The number of amides is 1. The van der Waals surface area contributed by atoms with Crippen molar-refractivity contribution in [3.63, 3.8) is 0 Å². The van der Waals surface area contributed by atoms with E-state index in [9.17, 15) is 4.79 Å². The smallest absolute Gasteiger partial charge is 0.269 e. The maximum atomic E-state index is 11.2. The Morgan fingerprint density at radius 1 is 1.44 bits per heavy atom. The molecule has 1 amide bonds. The third-order valence-corrected chi connectivity index (χ3v) is 4.71. The van der Waals surface area contributed by atoms with Gasteiger partial charge in [0.05, 0.1) is 6.04 Å². The molecule has 2 aromatic heterocycles. The summed E-state index contributed by atoms with van der Waals surface area (Å²) in [6, 6.07) is 1.82. The van der Waals surface area contributed by atoms with Crippen LogP contribution in [0.4, 0.5) is 0 Å². The highest BCUT2D eigenvalue weighted by Gasteiger charge is 2.29. The molecule has 8 heteroatoms. The van der Waals surface area contributed by atoms with Crippen molar-refractivity contribution in [3.05, 3.63) is 29.2 Å². The molecular formula is C17H26N6O2. The minimum Gasteiger partial charge on any atom is -0.424 e. The second kappa shape index (κ2) is 7.35. The number of primary amides is 1. The van der Waals surface area contributed by atoms with Crippen molar-refractivity contribution in [2.45, 2.75) is 52.0 Å². The van der Waals surface area contributed by atoms with E-state index < -0.39 is 5.91 Å². The first kappa shape index (κ1) is 17.6. The van der Waals surface area contributed by atoms with Gasteiger partial charge in [0.25, 0.3) is 5.91 Å². The molecule has 0 spiro atoms. The summed E-state index contributed by atoms with van der Waals surface area (Å²) >= 11 is 0. The topological polar surface area (TPSA) is 114 Å². The number of piperidine rings is 1. The molecule has 1 fully saturated rings. The van der Waals surface area contributed by atoms with Crippen molar-refractivity contribution in [1.82, 2.24) is 25.3 Å². The number of rotatable bonds is 6. The molecule has 0 bridgehead atoms. The summed E-state index contributed by atoms with van der Waals surface area (Å²) in [6.45, 7) is 8.19. The fourth-order valence-corrected chi connectivity index (χ4v) is 3.31. The quantitative estimate of drug-likeness (QED) is 0.827. The molecule has 3 heterocycles. The van der Waals surface area contributed by atoms with Crippen molar-refractivity contribution >= 4 is 5.91 Å². The average molecular weight is 346 g/mol. The molecule has 3 N–H and O–H groups in total. The van der Waals surface area contributed by atoms with Crippen LogP contribution in [0.5, 0.6) is 0 Å². The number of aromatic amines is 1. The third kappa shape index (κ3) is 4.07. The largest absolute Gasteiger partial charge is 0.424 e. The zero-order chi connectivity index (χ0) is 18.0. The monoisotopic (exact) mass is 346 g/mol. The van der Waals surface area contributed by atoms with Crippen molar-refractivity contribution in [1.29, 1.82) is 0 Å². The number of nitrogens with two attached hydrogens (primary N) is 1. The Labute approximate surface area is 147 Å². The van der Waals surface area contributed by atoms with Crippen LogP contribution in [0.25, 0.3) is 0 Å². The van der Waals surface area contributed by atoms with Gasteiger partial charge < -0.3 is 10.2 Å². The standard InChI is InChI=1S/C17H26N6O2/c1-10(2)7-15-21-22-17(25-15)11(3)23-6-4-5-12(9-23)13-8-14(16(18)24)20-19-13/h8,10-12H,4-7,9H2,1-3H3,(H2,18,24)(H,19,20)/t11-,12-/m0/s1. The summed E-state index contributed by atoms with van der Waals surface area (Å²) < 4.78 is 5.84. The lowest BCUT2D eigenvalue weighted by Crippen LogP contribution is -2.36. The predicted molar refractivity (Wildman–Crippen MR) is 91.9 cm³/mol. The first-order chi connectivity index (χ1) is 11.9. The van der Waals surface area contributed by atoms with Gasteiger partial charge in [-0.05, 0) is 38.3 Å². The van der Waals surface area contributed by atoms with Gasteiger partial charge in [-0.25, -0.2) is 0 Å². The highest BCUT2D eigenvalue weighted by molar-refractivity contribution is 5.90. The normalized spacial score (nSPS) is 20.1. The van der Waals surface area contributed by atoms with E-state index in [0.29, 0.717) is 17.7 Å². The van der Waals surface area contributed by atoms with Crippen LogP contribution in [-0.4, -0.2) is 44.3 Å². The predicted octanol–water partition coefficient (Wildman–Crippen LogP) is 2.03. The van der Waals surface area contributed by atoms with Crippen LogP contribution < -0.4 is 5.73 Å². The van der Waals surface area contributed by atoms with Gasteiger partial charge in [0, 0.05) is 24.6 Å². The first-order valence-electron chi connectivity index (χ1n) is 8.85. The van der Waals surface area contributed by atoms with Gasteiger partial charge in [0.15, 0.2) is 0 Å². The number of aromatic nitrogens is 4. The van der Waals surface area contributed by atoms with Gasteiger partial charge in [0.2, 0.25) is 11.8 Å². The Kier molecular flexibility index (Phi) is 5.17. The average Bonchev–Trinajstić information content (AvgIpc) is 3.23. The van der Waals surface area contributed by atoms with Crippen molar-refractivity contribution in [2.75, 3.05) is 13.1 Å². The van der Waals surface area contributed by atoms with E-state index in [-0.39, 0.29) is 17.7 Å². The molecule has 2 aromatic rings. The summed E-state index contributed by atoms with van der Waals surface area (Å²) in [6.07, 6.45) is 2.91. The zero-order valence-corrected chi connectivity index (χ0v) is 15.0. The van der Waals surface area contributed by atoms with Crippen LogP contribution in [0.1, 0.15) is 73.5 Å². The van der Waals surface area contributed by atoms with E-state index in [1.807, 2.05) is 0 Å². The Morgan fingerprint density at radius 2 is 2.24 bits per heavy atom. The van der Waals surface area contributed by atoms with Gasteiger partial charge in [0.1, 0.15) is 5.69 Å². The maximum Gasteiger partial charge on any atom is 0.269 e. The van der Waals surface area contributed by atoms with Gasteiger partial charge in [-0.2, -0.15) is 5.10 Å². The molecule has 8 nitrogen and oxygen atoms in total. The minimum atomic E-state index is -0.507. The van der Waals surface area contributed by atoms with Crippen molar-refractivity contribution in [3.8, 4) is 0 Å². The van der Waals surface area contributed by atoms with Gasteiger partial charge >= 0.3 is 0 Å². The number of carbonyl (C=O) groups excluding carboxylic acids is 1. The van der Waals surface area contributed by atoms with Crippen LogP contribution in [0.2, 0.25) is 0 Å². The van der Waals surface area contributed by atoms with E-state index in [0.717, 1.165) is 38.0 Å².